The Bertz CT molecular complexity index is 1350. The third-order valence-corrected chi connectivity index (χ3v) is 6.61. The maximum absolute atomic E-state index is 12.9. The first kappa shape index (κ1) is 24.6. The molecule has 35 heavy (non-hydrogen) atoms. The molecule has 0 spiro atoms. The van der Waals surface area contributed by atoms with Crippen molar-refractivity contribution in [1.29, 1.82) is 0 Å². The number of carbonyl (C=O) groups is 2. The molecular formula is C25H26BrN5O4. The van der Waals surface area contributed by atoms with Crippen LogP contribution in [0.1, 0.15) is 39.2 Å². The topological polar surface area (TPSA) is 125 Å². The Hall–Kier alpha value is -3.53. The minimum Gasteiger partial charge on any atom is -0.480 e. The maximum Gasteiger partial charge on any atom is 0.326 e. The fraction of sp³-hybridized carbons (Fsp3) is 0.320. The van der Waals surface area contributed by atoms with Crippen LogP contribution >= 0.6 is 15.9 Å². The molecule has 0 unspecified atom stereocenters. The Morgan fingerprint density at radius 2 is 1.91 bits per heavy atom. The molecule has 4 rings (SSSR count). The average molecular weight is 540 g/mol. The Labute approximate surface area is 210 Å². The van der Waals surface area contributed by atoms with E-state index in [1.54, 1.807) is 0 Å². The van der Waals surface area contributed by atoms with Crippen molar-refractivity contribution in [2.24, 2.45) is 5.92 Å². The Kier molecular flexibility index (Phi) is 7.30. The van der Waals surface area contributed by atoms with Crippen LogP contribution in [0.25, 0.3) is 33.7 Å². The number of hydrogen-bond acceptors (Lipinski definition) is 6. The molecule has 0 aliphatic rings. The van der Waals surface area contributed by atoms with Crippen molar-refractivity contribution in [2.75, 3.05) is 0 Å². The lowest BCUT2D eigenvalue weighted by atomic mass is 10.0. The van der Waals surface area contributed by atoms with Crippen LogP contribution in [0.15, 0.2) is 51.4 Å². The molecule has 0 saturated heterocycles. The zero-order chi connectivity index (χ0) is 25.1. The lowest BCUT2D eigenvalue weighted by Gasteiger charge is -2.31. The molecule has 0 fully saturated rings. The van der Waals surface area contributed by atoms with Crippen molar-refractivity contribution >= 4 is 38.8 Å². The number of aromatic nitrogens is 4. The van der Waals surface area contributed by atoms with Crippen molar-refractivity contribution < 1.29 is 19.1 Å². The van der Waals surface area contributed by atoms with Gasteiger partial charge in [0, 0.05) is 29.5 Å². The van der Waals surface area contributed by atoms with E-state index >= 15 is 0 Å². The van der Waals surface area contributed by atoms with E-state index in [4.69, 9.17) is 4.42 Å². The van der Waals surface area contributed by atoms with Crippen LogP contribution in [0.3, 0.4) is 0 Å². The zero-order valence-electron chi connectivity index (χ0n) is 19.7. The van der Waals surface area contributed by atoms with Crippen molar-refractivity contribution in [3.05, 3.63) is 52.5 Å². The molecule has 0 radical (unpaired) electrons. The van der Waals surface area contributed by atoms with Crippen LogP contribution in [0.2, 0.25) is 0 Å². The first-order valence-corrected chi connectivity index (χ1v) is 12.2. The number of H-pyrrole nitrogens is 1. The van der Waals surface area contributed by atoms with Crippen LogP contribution in [0.4, 0.5) is 0 Å². The predicted molar refractivity (Wildman–Crippen MR) is 134 cm³/mol. The van der Waals surface area contributed by atoms with Crippen molar-refractivity contribution in [2.45, 2.75) is 46.2 Å². The van der Waals surface area contributed by atoms with E-state index in [0.29, 0.717) is 30.0 Å². The number of nitrogens with one attached hydrogen (secondary N) is 1. The van der Waals surface area contributed by atoms with Gasteiger partial charge in [-0.15, -0.1) is 5.10 Å². The monoisotopic (exact) mass is 539 g/mol. The minimum absolute atomic E-state index is 0.171. The molecule has 0 saturated carbocycles. The van der Waals surface area contributed by atoms with Gasteiger partial charge < -0.3 is 14.4 Å². The summed E-state index contributed by atoms with van der Waals surface area (Å²) < 4.78 is 6.94. The predicted octanol–water partition coefficient (Wildman–Crippen LogP) is 5.28. The Morgan fingerprint density at radius 3 is 2.54 bits per heavy atom. The number of tetrazole rings is 1. The number of aromatic amines is 1. The van der Waals surface area contributed by atoms with Gasteiger partial charge in [0.05, 0.1) is 4.47 Å². The zero-order valence-corrected chi connectivity index (χ0v) is 21.2. The highest BCUT2D eigenvalue weighted by Crippen LogP contribution is 2.41. The van der Waals surface area contributed by atoms with Gasteiger partial charge in [-0.05, 0) is 56.4 Å². The van der Waals surface area contributed by atoms with E-state index in [1.165, 1.54) is 4.90 Å². The molecule has 1 amide bonds. The Balaban J connectivity index is 1.74. The summed E-state index contributed by atoms with van der Waals surface area (Å²) >= 11 is 3.69. The standard InChI is InChI=1S/C25H26BrN5O4/c1-4-7-20(32)31(22(14(2)3)25(33)34)13-15-10-11-19-18(12-15)21(26)23(35-19)16-8-5-6-9-17(16)24-27-29-30-28-24/h5-6,8-12,14,22H,4,7,13H2,1-3H3,(H,33,34)(H,27,28,29,30)/t22-/m0/s1. The van der Waals surface area contributed by atoms with Crippen LogP contribution in [0, 0.1) is 5.92 Å². The van der Waals surface area contributed by atoms with E-state index in [2.05, 4.69) is 36.6 Å². The molecule has 2 N–H and O–H groups in total. The first-order valence-electron chi connectivity index (χ1n) is 11.4. The van der Waals surface area contributed by atoms with Crippen molar-refractivity contribution in [3.8, 4) is 22.7 Å². The fourth-order valence-electron chi connectivity index (χ4n) is 4.22. The normalized spacial score (nSPS) is 12.3. The second kappa shape index (κ2) is 10.4. The number of aliphatic carboxylic acids is 1. The van der Waals surface area contributed by atoms with Crippen molar-refractivity contribution in [3.63, 3.8) is 0 Å². The molecule has 9 nitrogen and oxygen atoms in total. The van der Waals surface area contributed by atoms with Gasteiger partial charge in [0.2, 0.25) is 5.91 Å². The number of furan rings is 1. The second-order valence-electron chi connectivity index (χ2n) is 8.67. The van der Waals surface area contributed by atoms with Gasteiger partial charge >= 0.3 is 5.97 Å². The highest BCUT2D eigenvalue weighted by Gasteiger charge is 2.32. The number of amides is 1. The van der Waals surface area contributed by atoms with E-state index in [9.17, 15) is 14.7 Å². The summed E-state index contributed by atoms with van der Waals surface area (Å²) in [6.45, 7) is 5.73. The molecule has 182 valence electrons. The van der Waals surface area contributed by atoms with Gasteiger partial charge in [0.25, 0.3) is 0 Å². The number of benzene rings is 2. The number of hydrogen-bond donors (Lipinski definition) is 2. The molecular weight excluding hydrogens is 514 g/mol. The van der Waals surface area contributed by atoms with Crippen molar-refractivity contribution in [1.82, 2.24) is 25.5 Å². The number of fused-ring (bicyclic) bond motifs is 1. The largest absolute Gasteiger partial charge is 0.480 e. The highest BCUT2D eigenvalue weighted by atomic mass is 79.9. The maximum atomic E-state index is 12.9. The summed E-state index contributed by atoms with van der Waals surface area (Å²) in [5.74, 6) is -0.266. The SMILES string of the molecule is CCCC(=O)N(Cc1ccc2oc(-c3ccccc3-c3nnn[nH]3)c(Br)c2c1)[C@H](C(=O)O)C(C)C. The molecule has 0 aliphatic carbocycles. The molecule has 4 aromatic rings. The summed E-state index contributed by atoms with van der Waals surface area (Å²) in [7, 11) is 0. The lowest BCUT2D eigenvalue weighted by molar-refractivity contribution is -0.153. The summed E-state index contributed by atoms with van der Waals surface area (Å²) in [5.41, 5.74) is 3.07. The molecule has 1 atom stereocenters. The van der Waals surface area contributed by atoms with Gasteiger partial charge in [0.15, 0.2) is 5.82 Å². The number of carboxylic acid groups (broad SMARTS) is 1. The van der Waals surface area contributed by atoms with Gasteiger partial charge in [-0.2, -0.15) is 0 Å². The van der Waals surface area contributed by atoms with Crippen LogP contribution in [-0.4, -0.2) is 48.5 Å². The number of nitrogens with zero attached hydrogens (tertiary/aromatic N) is 4. The minimum atomic E-state index is -1.00. The fourth-order valence-corrected chi connectivity index (χ4v) is 4.83. The van der Waals surface area contributed by atoms with Gasteiger partial charge in [0.1, 0.15) is 17.4 Å². The number of carboxylic acids is 1. The smallest absolute Gasteiger partial charge is 0.326 e. The quantitative estimate of drug-likeness (QED) is 0.296. The highest BCUT2D eigenvalue weighted by molar-refractivity contribution is 9.10. The Morgan fingerprint density at radius 1 is 1.17 bits per heavy atom. The van der Waals surface area contributed by atoms with E-state index in [1.807, 2.05) is 63.2 Å². The van der Waals surface area contributed by atoms with Crippen LogP contribution < -0.4 is 0 Å². The number of rotatable bonds is 9. The molecule has 2 heterocycles. The first-order chi connectivity index (χ1) is 16.8. The average Bonchev–Trinajstić information content (AvgIpc) is 3.47. The van der Waals surface area contributed by atoms with Crippen LogP contribution in [0.5, 0.6) is 0 Å². The summed E-state index contributed by atoms with van der Waals surface area (Å²) in [6, 6.07) is 12.3. The molecule has 0 aliphatic heterocycles. The number of carbonyl (C=O) groups excluding carboxylic acids is 1. The number of halogens is 1. The molecule has 0 bridgehead atoms. The van der Waals surface area contributed by atoms with E-state index < -0.39 is 12.0 Å². The van der Waals surface area contributed by atoms with E-state index in [-0.39, 0.29) is 18.4 Å². The second-order valence-corrected chi connectivity index (χ2v) is 9.46. The molecule has 10 heteroatoms. The van der Waals surface area contributed by atoms with Gasteiger partial charge in [-0.1, -0.05) is 51.1 Å². The van der Waals surface area contributed by atoms with Gasteiger partial charge in [-0.3, -0.25) is 4.79 Å². The molecule has 2 aromatic heterocycles. The van der Waals surface area contributed by atoms with Crippen LogP contribution in [-0.2, 0) is 16.1 Å². The van der Waals surface area contributed by atoms with Gasteiger partial charge in [-0.25, -0.2) is 9.89 Å². The summed E-state index contributed by atoms with van der Waals surface area (Å²) in [6.07, 6.45) is 0.946. The van der Waals surface area contributed by atoms with E-state index in [0.717, 1.165) is 26.5 Å². The third kappa shape index (κ3) is 4.97. The summed E-state index contributed by atoms with van der Waals surface area (Å²) in [5, 5.41) is 24.8. The third-order valence-electron chi connectivity index (χ3n) is 5.82. The lowest BCUT2D eigenvalue weighted by Crippen LogP contribution is -2.47. The molecule has 2 aromatic carbocycles. The summed E-state index contributed by atoms with van der Waals surface area (Å²) in [4.78, 5) is 26.4.